The van der Waals surface area contributed by atoms with Gasteiger partial charge in [0.15, 0.2) is 0 Å². The summed E-state index contributed by atoms with van der Waals surface area (Å²) in [5.74, 6) is 0. The van der Waals surface area contributed by atoms with Crippen molar-refractivity contribution < 1.29 is 13.2 Å². The highest BCUT2D eigenvalue weighted by molar-refractivity contribution is 7.86. The van der Waals surface area contributed by atoms with E-state index >= 15 is 0 Å². The molecule has 2 aliphatic heterocycles. The molecule has 2 aliphatic rings. The predicted molar refractivity (Wildman–Crippen MR) is 76.8 cm³/mol. The van der Waals surface area contributed by atoms with Crippen LogP contribution in [0.3, 0.4) is 0 Å². The minimum Gasteiger partial charge on any atom is -0.373 e. The Hall–Kier alpha value is 0.0800. The van der Waals surface area contributed by atoms with E-state index in [0.717, 1.165) is 6.54 Å². The quantitative estimate of drug-likeness (QED) is 0.783. The first kappa shape index (κ1) is 17.1. The zero-order chi connectivity index (χ0) is 13.3. The van der Waals surface area contributed by atoms with Gasteiger partial charge in [0.2, 0.25) is 0 Å². The molecule has 2 fully saturated rings. The van der Waals surface area contributed by atoms with Crippen LogP contribution in [-0.4, -0.2) is 68.0 Å². The molecular weight excluding hydrogens is 290 g/mol. The molecule has 0 spiro atoms. The second kappa shape index (κ2) is 6.69. The Morgan fingerprint density at radius 1 is 1.16 bits per heavy atom. The van der Waals surface area contributed by atoms with E-state index in [9.17, 15) is 8.42 Å². The lowest BCUT2D eigenvalue weighted by Gasteiger charge is -2.40. The van der Waals surface area contributed by atoms with Crippen molar-refractivity contribution in [3.8, 4) is 0 Å². The number of hydrogen-bond acceptors (Lipinski definition) is 4. The maximum Gasteiger partial charge on any atom is 0.282 e. The zero-order valence-electron chi connectivity index (χ0n) is 11.7. The molecule has 0 aromatic rings. The summed E-state index contributed by atoms with van der Waals surface area (Å²) in [7, 11) is -3.35. The number of rotatable bonds is 2. The Balaban J connectivity index is 0.00000180. The van der Waals surface area contributed by atoms with Gasteiger partial charge in [0.25, 0.3) is 10.2 Å². The molecule has 0 bridgehead atoms. The van der Waals surface area contributed by atoms with E-state index in [-0.39, 0.29) is 30.7 Å². The van der Waals surface area contributed by atoms with Gasteiger partial charge < -0.3 is 10.1 Å². The number of halogens is 1. The Labute approximate surface area is 122 Å². The third-order valence-corrected chi connectivity index (χ3v) is 5.53. The highest BCUT2D eigenvalue weighted by Gasteiger charge is 2.38. The molecule has 114 valence electrons. The highest BCUT2D eigenvalue weighted by Crippen LogP contribution is 2.19. The van der Waals surface area contributed by atoms with Crippen molar-refractivity contribution in [2.45, 2.75) is 39.0 Å². The normalized spacial score (nSPS) is 34.8. The summed E-state index contributed by atoms with van der Waals surface area (Å²) in [4.78, 5) is 0. The van der Waals surface area contributed by atoms with Crippen LogP contribution in [0.15, 0.2) is 0 Å². The van der Waals surface area contributed by atoms with Crippen molar-refractivity contribution in [3.63, 3.8) is 0 Å². The average molecular weight is 314 g/mol. The van der Waals surface area contributed by atoms with Gasteiger partial charge in [-0.1, -0.05) is 0 Å². The first-order valence-corrected chi connectivity index (χ1v) is 7.94. The van der Waals surface area contributed by atoms with Crippen LogP contribution >= 0.6 is 12.4 Å². The van der Waals surface area contributed by atoms with Gasteiger partial charge in [-0.3, -0.25) is 0 Å². The van der Waals surface area contributed by atoms with E-state index < -0.39 is 10.2 Å². The number of ether oxygens (including phenoxy) is 1. The van der Waals surface area contributed by atoms with Crippen molar-refractivity contribution >= 4 is 22.6 Å². The summed E-state index contributed by atoms with van der Waals surface area (Å²) < 4.78 is 34.0. The van der Waals surface area contributed by atoms with E-state index in [1.54, 1.807) is 8.61 Å². The monoisotopic (exact) mass is 313 g/mol. The third kappa shape index (κ3) is 3.80. The fraction of sp³-hybridized carbons (Fsp3) is 1.00. The number of nitrogens with one attached hydrogen (secondary N) is 1. The Bertz CT molecular complexity index is 383. The molecule has 0 amide bonds. The van der Waals surface area contributed by atoms with E-state index in [0.29, 0.717) is 26.2 Å². The fourth-order valence-corrected chi connectivity index (χ4v) is 4.58. The van der Waals surface area contributed by atoms with Gasteiger partial charge in [0, 0.05) is 38.8 Å². The molecule has 6 nitrogen and oxygen atoms in total. The summed E-state index contributed by atoms with van der Waals surface area (Å²) in [5, 5.41) is 3.21. The predicted octanol–water partition coefficient (Wildman–Crippen LogP) is 0.0559. The van der Waals surface area contributed by atoms with E-state index in [1.165, 1.54) is 0 Å². The summed E-state index contributed by atoms with van der Waals surface area (Å²) in [5.41, 5.74) is 0. The van der Waals surface area contributed by atoms with Gasteiger partial charge in [0.1, 0.15) is 0 Å². The zero-order valence-corrected chi connectivity index (χ0v) is 13.3. The summed E-state index contributed by atoms with van der Waals surface area (Å²) in [6.07, 6.45) is -0.0801. The Kier molecular flexibility index (Phi) is 6.03. The van der Waals surface area contributed by atoms with Crippen molar-refractivity contribution in [3.05, 3.63) is 0 Å². The van der Waals surface area contributed by atoms with E-state index in [4.69, 9.17) is 4.74 Å². The minimum absolute atomic E-state index is 0. The summed E-state index contributed by atoms with van der Waals surface area (Å²) in [6.45, 7) is 8.65. The molecule has 19 heavy (non-hydrogen) atoms. The molecule has 8 heteroatoms. The highest BCUT2D eigenvalue weighted by atomic mass is 35.5. The van der Waals surface area contributed by atoms with Crippen LogP contribution < -0.4 is 5.32 Å². The van der Waals surface area contributed by atoms with Crippen LogP contribution in [-0.2, 0) is 14.9 Å². The molecule has 2 unspecified atom stereocenters. The van der Waals surface area contributed by atoms with Gasteiger partial charge >= 0.3 is 0 Å². The molecule has 2 saturated heterocycles. The molecule has 0 radical (unpaired) electrons. The fourth-order valence-electron chi connectivity index (χ4n) is 2.63. The number of nitrogens with zero attached hydrogens (tertiary/aromatic N) is 2. The summed E-state index contributed by atoms with van der Waals surface area (Å²) >= 11 is 0. The molecule has 0 aromatic heterocycles. The SMILES string of the molecule is CC1CN(S(=O)(=O)N2CCNC[C@@H]2C)CC(C)O1.Cl. The number of hydrogen-bond donors (Lipinski definition) is 1. The van der Waals surface area contributed by atoms with Crippen LogP contribution in [0.5, 0.6) is 0 Å². The maximum atomic E-state index is 12.6. The second-order valence-corrected chi connectivity index (χ2v) is 7.13. The topological polar surface area (TPSA) is 61.9 Å². The molecule has 3 atom stereocenters. The molecule has 0 aliphatic carbocycles. The van der Waals surface area contributed by atoms with Gasteiger partial charge in [0.05, 0.1) is 12.2 Å². The first-order chi connectivity index (χ1) is 8.41. The number of piperazine rings is 1. The van der Waals surface area contributed by atoms with Crippen molar-refractivity contribution in [1.29, 1.82) is 0 Å². The van der Waals surface area contributed by atoms with Crippen LogP contribution in [0.4, 0.5) is 0 Å². The first-order valence-electron chi connectivity index (χ1n) is 6.54. The molecular formula is C11H24ClN3O3S. The van der Waals surface area contributed by atoms with Crippen LogP contribution in [0.25, 0.3) is 0 Å². The van der Waals surface area contributed by atoms with Crippen LogP contribution in [0.2, 0.25) is 0 Å². The van der Waals surface area contributed by atoms with Gasteiger partial charge in [-0.15, -0.1) is 12.4 Å². The summed E-state index contributed by atoms with van der Waals surface area (Å²) in [6, 6.07) is 0.0113. The molecule has 0 saturated carbocycles. The lowest BCUT2D eigenvalue weighted by molar-refractivity contribution is -0.0458. The van der Waals surface area contributed by atoms with Crippen molar-refractivity contribution in [2.75, 3.05) is 32.7 Å². The van der Waals surface area contributed by atoms with Gasteiger partial charge in [-0.05, 0) is 20.8 Å². The lowest BCUT2D eigenvalue weighted by atomic mass is 10.3. The second-order valence-electron chi connectivity index (χ2n) is 5.25. The maximum absolute atomic E-state index is 12.6. The van der Waals surface area contributed by atoms with Crippen molar-refractivity contribution in [1.82, 2.24) is 13.9 Å². The number of morpholine rings is 1. The molecule has 2 rings (SSSR count). The van der Waals surface area contributed by atoms with Crippen molar-refractivity contribution in [2.24, 2.45) is 0 Å². The largest absolute Gasteiger partial charge is 0.373 e. The van der Waals surface area contributed by atoms with E-state index in [1.807, 2.05) is 20.8 Å². The smallest absolute Gasteiger partial charge is 0.282 e. The van der Waals surface area contributed by atoms with Gasteiger partial charge in [-0.25, -0.2) is 0 Å². The third-order valence-electron chi connectivity index (χ3n) is 3.45. The van der Waals surface area contributed by atoms with Crippen LogP contribution in [0, 0.1) is 0 Å². The Morgan fingerprint density at radius 3 is 2.26 bits per heavy atom. The van der Waals surface area contributed by atoms with Gasteiger partial charge in [-0.2, -0.15) is 17.0 Å². The molecule has 1 N–H and O–H groups in total. The standard InChI is InChI=1S/C11H23N3O3S.ClH/c1-9-6-12-4-5-14(9)18(15,16)13-7-10(2)17-11(3)8-13;/h9-12H,4-8H2,1-3H3;1H/t9-,10?,11?;/m0./s1. The Morgan fingerprint density at radius 2 is 1.74 bits per heavy atom. The molecule has 0 aromatic carbocycles. The van der Waals surface area contributed by atoms with Crippen LogP contribution in [0.1, 0.15) is 20.8 Å². The average Bonchev–Trinajstić information content (AvgIpc) is 2.28. The van der Waals surface area contributed by atoms with E-state index in [2.05, 4.69) is 5.32 Å². The minimum atomic E-state index is -3.35. The molecule has 2 heterocycles. The lowest BCUT2D eigenvalue weighted by Crippen LogP contribution is -2.59.